The molecule has 1 atom stereocenters. The van der Waals surface area contributed by atoms with Crippen molar-refractivity contribution in [3.05, 3.63) is 53.1 Å². The largest absolute Gasteiger partial charge is 0.368 e. The number of carbonyl (C=O) groups is 1. The zero-order valence-corrected chi connectivity index (χ0v) is 17.7. The fourth-order valence-electron chi connectivity index (χ4n) is 4.73. The molecule has 1 saturated heterocycles. The molecule has 5 rings (SSSR count). The lowest BCUT2D eigenvalue weighted by Crippen LogP contribution is -2.37. The van der Waals surface area contributed by atoms with Crippen LogP contribution in [0.3, 0.4) is 0 Å². The lowest BCUT2D eigenvalue weighted by atomic mass is 9.92. The Morgan fingerprint density at radius 2 is 1.80 bits per heavy atom. The van der Waals surface area contributed by atoms with Crippen LogP contribution in [0.1, 0.15) is 42.4 Å². The average Bonchev–Trinajstić information content (AvgIpc) is 3.42. The fourth-order valence-corrected chi connectivity index (χ4v) is 5.83. The number of sulfonamides is 1. The minimum absolute atomic E-state index is 0.00800. The van der Waals surface area contributed by atoms with Crippen LogP contribution in [0.15, 0.2) is 41.3 Å². The van der Waals surface area contributed by atoms with Gasteiger partial charge in [0, 0.05) is 24.5 Å². The number of ether oxygens (including phenoxy) is 1. The molecule has 0 aromatic heterocycles. The first-order chi connectivity index (χ1) is 14.5. The predicted molar refractivity (Wildman–Crippen MR) is 115 cm³/mol. The Kier molecular flexibility index (Phi) is 5.03. The molecule has 0 saturated carbocycles. The summed E-state index contributed by atoms with van der Waals surface area (Å²) in [5, 5.41) is 0. The molecule has 1 fully saturated rings. The van der Waals surface area contributed by atoms with Crippen molar-refractivity contribution in [1.82, 2.24) is 0 Å². The number of anilines is 2. The lowest BCUT2D eigenvalue weighted by Gasteiger charge is -2.21. The molecule has 0 spiro atoms. The van der Waals surface area contributed by atoms with Crippen LogP contribution in [-0.2, 0) is 38.8 Å². The number of nitrogens with one attached hydrogen (secondary N) is 1. The smallest absolute Gasteiger partial charge is 0.261 e. The predicted octanol–water partition coefficient (Wildman–Crippen LogP) is 3.43. The molecule has 2 aliphatic heterocycles. The second kappa shape index (κ2) is 7.71. The summed E-state index contributed by atoms with van der Waals surface area (Å²) in [4.78, 5) is 14.8. The van der Waals surface area contributed by atoms with E-state index in [0.717, 1.165) is 48.9 Å². The van der Waals surface area contributed by atoms with Gasteiger partial charge in [0.25, 0.3) is 15.9 Å². The second-order valence-electron chi connectivity index (χ2n) is 8.33. The molecule has 158 valence electrons. The van der Waals surface area contributed by atoms with Gasteiger partial charge in [0.15, 0.2) is 0 Å². The van der Waals surface area contributed by atoms with Gasteiger partial charge in [0.05, 0.1) is 4.90 Å². The zero-order chi connectivity index (χ0) is 20.7. The molecule has 1 amide bonds. The molecule has 0 radical (unpaired) electrons. The van der Waals surface area contributed by atoms with E-state index in [4.69, 9.17) is 4.74 Å². The standard InChI is InChI=1S/C23H26N2O4S/c26-23(22-6-3-13-29-22)25-12-11-18-14-19(8-10-21(18)25)24-30(27,28)20-9-7-16-4-1-2-5-17(16)15-20/h7-10,14-15,22,24H,1-6,11-13H2. The summed E-state index contributed by atoms with van der Waals surface area (Å²) in [5.74, 6) is 0.00800. The number of amides is 1. The van der Waals surface area contributed by atoms with E-state index in [-0.39, 0.29) is 12.0 Å². The van der Waals surface area contributed by atoms with Crippen LogP contribution in [0.4, 0.5) is 11.4 Å². The van der Waals surface area contributed by atoms with Crippen molar-refractivity contribution in [3.63, 3.8) is 0 Å². The van der Waals surface area contributed by atoms with Crippen molar-refractivity contribution < 1.29 is 17.9 Å². The summed E-state index contributed by atoms with van der Waals surface area (Å²) in [6, 6.07) is 10.9. The number of benzene rings is 2. The monoisotopic (exact) mass is 426 g/mol. The van der Waals surface area contributed by atoms with Crippen molar-refractivity contribution in [2.45, 2.75) is 55.9 Å². The third-order valence-electron chi connectivity index (χ3n) is 6.33. The van der Waals surface area contributed by atoms with Crippen molar-refractivity contribution in [2.75, 3.05) is 22.8 Å². The van der Waals surface area contributed by atoms with Crippen LogP contribution in [0.25, 0.3) is 0 Å². The van der Waals surface area contributed by atoms with Gasteiger partial charge in [0.2, 0.25) is 0 Å². The molecule has 1 N–H and O–H groups in total. The Morgan fingerprint density at radius 1 is 0.967 bits per heavy atom. The quantitative estimate of drug-likeness (QED) is 0.813. The fraction of sp³-hybridized carbons (Fsp3) is 0.435. The van der Waals surface area contributed by atoms with Crippen LogP contribution in [0.2, 0.25) is 0 Å². The molecule has 1 aliphatic carbocycles. The van der Waals surface area contributed by atoms with Gasteiger partial charge in [-0.2, -0.15) is 0 Å². The van der Waals surface area contributed by atoms with Crippen molar-refractivity contribution in [2.24, 2.45) is 0 Å². The van der Waals surface area contributed by atoms with Gasteiger partial charge in [-0.1, -0.05) is 6.07 Å². The number of rotatable bonds is 4. The number of hydrogen-bond acceptors (Lipinski definition) is 4. The minimum atomic E-state index is -3.66. The Bertz CT molecular complexity index is 1090. The van der Waals surface area contributed by atoms with Crippen molar-refractivity contribution in [1.29, 1.82) is 0 Å². The van der Waals surface area contributed by atoms with E-state index >= 15 is 0 Å². The maximum absolute atomic E-state index is 12.9. The Balaban J connectivity index is 1.35. The molecule has 0 bridgehead atoms. The van der Waals surface area contributed by atoms with Crippen LogP contribution in [0, 0.1) is 0 Å². The SMILES string of the molecule is O=C(C1CCCO1)N1CCc2cc(NS(=O)(=O)c3ccc4c(c3)CCCC4)ccc21. The number of nitrogens with zero attached hydrogens (tertiary/aromatic N) is 1. The first-order valence-electron chi connectivity index (χ1n) is 10.7. The minimum Gasteiger partial charge on any atom is -0.368 e. The number of hydrogen-bond donors (Lipinski definition) is 1. The summed E-state index contributed by atoms with van der Waals surface area (Å²) < 4.78 is 34.1. The van der Waals surface area contributed by atoms with Gasteiger partial charge in [-0.3, -0.25) is 9.52 Å². The molecule has 2 aromatic rings. The first-order valence-corrected chi connectivity index (χ1v) is 12.2. The third-order valence-corrected chi connectivity index (χ3v) is 7.71. The molecular formula is C23H26N2O4S. The Hall–Kier alpha value is -2.38. The topological polar surface area (TPSA) is 75.7 Å². The first kappa shape index (κ1) is 19.6. The second-order valence-corrected chi connectivity index (χ2v) is 10.0. The van der Waals surface area contributed by atoms with Gasteiger partial charge < -0.3 is 9.64 Å². The van der Waals surface area contributed by atoms with Crippen LogP contribution < -0.4 is 9.62 Å². The molecule has 30 heavy (non-hydrogen) atoms. The number of fused-ring (bicyclic) bond motifs is 2. The summed E-state index contributed by atoms with van der Waals surface area (Å²) in [5.41, 5.74) is 4.76. The molecule has 1 unspecified atom stereocenters. The van der Waals surface area contributed by atoms with Gasteiger partial charge in [-0.15, -0.1) is 0 Å². The molecular weight excluding hydrogens is 400 g/mol. The summed E-state index contributed by atoms with van der Waals surface area (Å²) in [6.45, 7) is 1.25. The van der Waals surface area contributed by atoms with Crippen molar-refractivity contribution >= 4 is 27.3 Å². The molecule has 7 heteroatoms. The third kappa shape index (κ3) is 3.61. The van der Waals surface area contributed by atoms with Gasteiger partial charge in [-0.25, -0.2) is 8.42 Å². The highest BCUT2D eigenvalue weighted by atomic mass is 32.2. The molecule has 2 heterocycles. The highest BCUT2D eigenvalue weighted by Gasteiger charge is 2.33. The van der Waals surface area contributed by atoms with Crippen molar-refractivity contribution in [3.8, 4) is 0 Å². The molecule has 2 aromatic carbocycles. The lowest BCUT2D eigenvalue weighted by molar-refractivity contribution is -0.127. The highest BCUT2D eigenvalue weighted by Crippen LogP contribution is 2.33. The van der Waals surface area contributed by atoms with Crippen LogP contribution in [-0.4, -0.2) is 33.6 Å². The molecule has 3 aliphatic rings. The van der Waals surface area contributed by atoms with E-state index in [0.29, 0.717) is 30.2 Å². The van der Waals surface area contributed by atoms with Gasteiger partial charge >= 0.3 is 0 Å². The van der Waals surface area contributed by atoms with Crippen LogP contribution >= 0.6 is 0 Å². The number of aryl methyl sites for hydroxylation is 2. The zero-order valence-electron chi connectivity index (χ0n) is 16.9. The highest BCUT2D eigenvalue weighted by molar-refractivity contribution is 7.92. The van der Waals surface area contributed by atoms with E-state index < -0.39 is 10.0 Å². The maximum Gasteiger partial charge on any atom is 0.261 e. The van der Waals surface area contributed by atoms with E-state index in [1.54, 1.807) is 17.0 Å². The van der Waals surface area contributed by atoms with Crippen LogP contribution in [0.5, 0.6) is 0 Å². The van der Waals surface area contributed by atoms with E-state index in [1.807, 2.05) is 24.3 Å². The average molecular weight is 427 g/mol. The van der Waals surface area contributed by atoms with E-state index in [1.165, 1.54) is 12.0 Å². The summed E-state index contributed by atoms with van der Waals surface area (Å²) >= 11 is 0. The normalized spacial score (nSPS) is 20.7. The number of carbonyl (C=O) groups excluding carboxylic acids is 1. The van der Waals surface area contributed by atoms with E-state index in [2.05, 4.69) is 4.72 Å². The van der Waals surface area contributed by atoms with Gasteiger partial charge in [-0.05, 0) is 92.0 Å². The summed E-state index contributed by atoms with van der Waals surface area (Å²) in [7, 11) is -3.66. The molecule has 6 nitrogen and oxygen atoms in total. The summed E-state index contributed by atoms with van der Waals surface area (Å²) in [6.07, 6.45) is 6.28. The Labute approximate surface area is 177 Å². The van der Waals surface area contributed by atoms with Gasteiger partial charge in [0.1, 0.15) is 6.10 Å². The maximum atomic E-state index is 12.9. The van der Waals surface area contributed by atoms with E-state index in [9.17, 15) is 13.2 Å². The Morgan fingerprint density at radius 3 is 2.60 bits per heavy atom.